The summed E-state index contributed by atoms with van der Waals surface area (Å²) >= 11 is 0. The number of amides is 1. The molecule has 1 saturated heterocycles. The lowest BCUT2D eigenvalue weighted by atomic mass is 10.0. The zero-order valence-corrected chi connectivity index (χ0v) is 13.3. The van der Waals surface area contributed by atoms with E-state index in [1.807, 2.05) is 30.0 Å². The van der Waals surface area contributed by atoms with Crippen molar-refractivity contribution < 1.29 is 4.79 Å². The van der Waals surface area contributed by atoms with Crippen molar-refractivity contribution in [2.75, 3.05) is 11.7 Å². The number of hydrogen-bond acceptors (Lipinski definition) is 4. The molecule has 0 saturated carbocycles. The Hall–Kier alpha value is -2.14. The van der Waals surface area contributed by atoms with E-state index in [1.54, 1.807) is 6.08 Å². The fourth-order valence-corrected chi connectivity index (χ4v) is 2.76. The Balaban J connectivity index is 2.35. The van der Waals surface area contributed by atoms with Gasteiger partial charge >= 0.3 is 0 Å². The van der Waals surface area contributed by atoms with Gasteiger partial charge in [-0.05, 0) is 51.3 Å². The van der Waals surface area contributed by atoms with Gasteiger partial charge in [0.2, 0.25) is 0 Å². The minimum Gasteiger partial charge on any atom is -0.336 e. The van der Waals surface area contributed by atoms with Crippen molar-refractivity contribution in [1.29, 1.82) is 0 Å². The largest absolute Gasteiger partial charge is 0.336 e. The molecular weight excluding hydrogens is 276 g/mol. The fourth-order valence-electron chi connectivity index (χ4n) is 2.76. The van der Waals surface area contributed by atoms with Crippen LogP contribution < -0.4 is 11.0 Å². The van der Waals surface area contributed by atoms with E-state index in [1.165, 1.54) is 17.8 Å². The summed E-state index contributed by atoms with van der Waals surface area (Å²) in [5.74, 6) is 5.97. The number of piperidine rings is 1. The second-order valence-electron chi connectivity index (χ2n) is 5.71. The lowest BCUT2D eigenvalue weighted by Gasteiger charge is -2.34. The van der Waals surface area contributed by atoms with Gasteiger partial charge in [-0.25, -0.2) is 5.84 Å². The van der Waals surface area contributed by atoms with Gasteiger partial charge in [0.25, 0.3) is 5.91 Å². The van der Waals surface area contributed by atoms with Crippen molar-refractivity contribution in [3.8, 4) is 0 Å². The smallest absolute Gasteiger partial charge is 0.256 e. The number of rotatable bonds is 4. The molecule has 118 valence electrons. The zero-order chi connectivity index (χ0) is 16.1. The lowest BCUT2D eigenvalue weighted by Crippen LogP contribution is -2.42. The Morgan fingerprint density at radius 3 is 2.95 bits per heavy atom. The molecular formula is C17H24N4O. The average molecular weight is 300 g/mol. The number of allylic oxidation sites excluding steroid dienone is 1. The molecule has 1 aromatic rings. The zero-order valence-electron chi connectivity index (χ0n) is 13.3. The van der Waals surface area contributed by atoms with E-state index in [0.717, 1.165) is 24.9 Å². The summed E-state index contributed by atoms with van der Waals surface area (Å²) in [6.45, 7) is 8.44. The highest BCUT2D eigenvalue weighted by Gasteiger charge is 2.26. The molecule has 1 aliphatic rings. The van der Waals surface area contributed by atoms with Crippen molar-refractivity contribution in [3.63, 3.8) is 0 Å². The van der Waals surface area contributed by atoms with Crippen LogP contribution in [0.15, 0.2) is 36.0 Å². The van der Waals surface area contributed by atoms with Crippen LogP contribution in [-0.4, -0.2) is 29.6 Å². The van der Waals surface area contributed by atoms with Gasteiger partial charge < -0.3 is 4.90 Å². The highest BCUT2D eigenvalue weighted by molar-refractivity contribution is 6.00. The summed E-state index contributed by atoms with van der Waals surface area (Å²) in [5, 5.41) is 5.27. The average Bonchev–Trinajstić information content (AvgIpc) is 2.52. The van der Waals surface area contributed by atoms with E-state index in [0.29, 0.717) is 11.3 Å². The molecule has 22 heavy (non-hydrogen) atoms. The molecule has 2 N–H and O–H groups in total. The van der Waals surface area contributed by atoms with Gasteiger partial charge in [-0.2, -0.15) is 10.2 Å². The highest BCUT2D eigenvalue weighted by Crippen LogP contribution is 2.25. The first kappa shape index (κ1) is 16.2. The number of aryl methyl sites for hydroxylation is 1. The van der Waals surface area contributed by atoms with Crippen LogP contribution in [0.3, 0.4) is 0 Å². The van der Waals surface area contributed by atoms with Crippen LogP contribution >= 0.6 is 0 Å². The Labute approximate surface area is 132 Å². The SMILES string of the molecule is C=CC=NN(N)c1ccc(C)cc1C(=O)N1CCCCC1C. The molecule has 1 amide bonds. The second kappa shape index (κ2) is 7.22. The van der Waals surface area contributed by atoms with Crippen LogP contribution in [0.25, 0.3) is 0 Å². The minimum atomic E-state index is 0.0233. The molecule has 0 radical (unpaired) electrons. The summed E-state index contributed by atoms with van der Waals surface area (Å²) in [6, 6.07) is 5.90. The van der Waals surface area contributed by atoms with E-state index in [4.69, 9.17) is 5.84 Å². The van der Waals surface area contributed by atoms with Crippen LogP contribution in [0, 0.1) is 6.92 Å². The Bertz CT molecular complexity index is 582. The number of carbonyl (C=O) groups excluding carboxylic acids is 1. The van der Waals surface area contributed by atoms with Crippen LogP contribution in [0.5, 0.6) is 0 Å². The Morgan fingerprint density at radius 1 is 1.50 bits per heavy atom. The first-order valence-electron chi connectivity index (χ1n) is 7.66. The van der Waals surface area contributed by atoms with Crippen LogP contribution in [-0.2, 0) is 0 Å². The number of benzene rings is 1. The maximum absolute atomic E-state index is 12.9. The number of nitrogens with two attached hydrogens (primary N) is 1. The maximum Gasteiger partial charge on any atom is 0.256 e. The molecule has 1 aromatic carbocycles. The molecule has 0 aliphatic carbocycles. The van der Waals surface area contributed by atoms with Gasteiger partial charge in [0.1, 0.15) is 0 Å². The first-order chi connectivity index (χ1) is 10.5. The fraction of sp³-hybridized carbons (Fsp3) is 0.412. The predicted molar refractivity (Wildman–Crippen MR) is 90.9 cm³/mol. The quantitative estimate of drug-likeness (QED) is 0.528. The molecule has 5 heteroatoms. The van der Waals surface area contributed by atoms with Crippen molar-refractivity contribution >= 4 is 17.8 Å². The highest BCUT2D eigenvalue weighted by atomic mass is 16.2. The molecule has 1 fully saturated rings. The monoisotopic (exact) mass is 300 g/mol. The van der Waals surface area contributed by atoms with Gasteiger partial charge in [-0.15, -0.1) is 0 Å². The summed E-state index contributed by atoms with van der Waals surface area (Å²) in [7, 11) is 0. The number of hydrogen-bond donors (Lipinski definition) is 1. The number of likely N-dealkylation sites (tertiary alicyclic amines) is 1. The first-order valence-corrected chi connectivity index (χ1v) is 7.66. The third-order valence-corrected chi connectivity index (χ3v) is 3.99. The normalized spacial score (nSPS) is 18.5. The van der Waals surface area contributed by atoms with E-state index >= 15 is 0 Å². The summed E-state index contributed by atoms with van der Waals surface area (Å²) < 4.78 is 0. The van der Waals surface area contributed by atoms with Crippen LogP contribution in [0.1, 0.15) is 42.1 Å². The van der Waals surface area contributed by atoms with E-state index in [-0.39, 0.29) is 11.9 Å². The molecule has 5 nitrogen and oxygen atoms in total. The molecule has 1 aliphatic heterocycles. The van der Waals surface area contributed by atoms with Gasteiger partial charge in [-0.1, -0.05) is 18.2 Å². The Kier molecular flexibility index (Phi) is 5.33. The van der Waals surface area contributed by atoms with Crippen molar-refractivity contribution in [3.05, 3.63) is 42.0 Å². The third kappa shape index (κ3) is 3.54. The predicted octanol–water partition coefficient (Wildman–Crippen LogP) is 2.86. The molecule has 1 heterocycles. The van der Waals surface area contributed by atoms with E-state index < -0.39 is 0 Å². The standard InChI is InChI=1S/C17H24N4O/c1-4-10-19-21(18)16-9-8-13(2)12-15(16)17(22)20-11-6-5-7-14(20)3/h4,8-10,12,14H,1,5-7,11,18H2,2-3H3. The molecule has 0 bridgehead atoms. The van der Waals surface area contributed by atoms with E-state index in [2.05, 4.69) is 18.6 Å². The summed E-state index contributed by atoms with van der Waals surface area (Å²) in [5.41, 5.74) is 2.22. The van der Waals surface area contributed by atoms with Crippen LogP contribution in [0.2, 0.25) is 0 Å². The summed E-state index contributed by atoms with van der Waals surface area (Å²) in [6.07, 6.45) is 6.32. The van der Waals surface area contributed by atoms with Gasteiger partial charge in [0.15, 0.2) is 0 Å². The number of anilines is 1. The Morgan fingerprint density at radius 2 is 2.27 bits per heavy atom. The molecule has 0 spiro atoms. The second-order valence-corrected chi connectivity index (χ2v) is 5.71. The van der Waals surface area contributed by atoms with Crippen molar-refractivity contribution in [1.82, 2.24) is 4.90 Å². The molecule has 0 aromatic heterocycles. The topological polar surface area (TPSA) is 61.9 Å². The third-order valence-electron chi connectivity index (χ3n) is 3.99. The van der Waals surface area contributed by atoms with E-state index in [9.17, 15) is 4.79 Å². The molecule has 1 atom stereocenters. The number of hydrazone groups is 1. The molecule has 1 unspecified atom stereocenters. The minimum absolute atomic E-state index is 0.0233. The number of carbonyl (C=O) groups is 1. The number of hydrazine groups is 1. The summed E-state index contributed by atoms with van der Waals surface area (Å²) in [4.78, 5) is 14.9. The lowest BCUT2D eigenvalue weighted by molar-refractivity contribution is 0.0636. The molecule has 2 rings (SSSR count). The van der Waals surface area contributed by atoms with Gasteiger partial charge in [-0.3, -0.25) is 4.79 Å². The van der Waals surface area contributed by atoms with Gasteiger partial charge in [0, 0.05) is 18.8 Å². The van der Waals surface area contributed by atoms with Gasteiger partial charge in [0.05, 0.1) is 11.3 Å². The van der Waals surface area contributed by atoms with Crippen molar-refractivity contribution in [2.45, 2.75) is 39.2 Å². The van der Waals surface area contributed by atoms with Crippen LogP contribution in [0.4, 0.5) is 5.69 Å². The van der Waals surface area contributed by atoms with Crippen molar-refractivity contribution in [2.24, 2.45) is 10.9 Å². The maximum atomic E-state index is 12.9. The number of nitrogens with zero attached hydrogens (tertiary/aromatic N) is 3.